The van der Waals surface area contributed by atoms with E-state index in [4.69, 9.17) is 0 Å². The molecule has 0 radical (unpaired) electrons. The summed E-state index contributed by atoms with van der Waals surface area (Å²) >= 11 is 0. The Morgan fingerprint density at radius 2 is 1.95 bits per heavy atom. The number of nitrogens with zero attached hydrogens (tertiary/aromatic N) is 2. The van der Waals surface area contributed by atoms with Gasteiger partial charge in [-0.1, -0.05) is 13.8 Å². The van der Waals surface area contributed by atoms with Crippen LogP contribution in [-0.2, 0) is 9.84 Å². The molecule has 2 rings (SSSR count). The molecule has 5 nitrogen and oxygen atoms in total. The van der Waals surface area contributed by atoms with Crippen LogP contribution >= 0.6 is 24.0 Å². The maximum absolute atomic E-state index is 11.5. The Morgan fingerprint density at radius 1 is 1.33 bits per heavy atom. The van der Waals surface area contributed by atoms with Crippen molar-refractivity contribution in [2.75, 3.05) is 31.6 Å². The Hall–Kier alpha value is -0.0500. The quantitative estimate of drug-likeness (QED) is 0.413. The number of likely N-dealkylation sites (tertiary alicyclic amines) is 1. The van der Waals surface area contributed by atoms with Gasteiger partial charge in [-0.05, 0) is 26.2 Å². The summed E-state index contributed by atoms with van der Waals surface area (Å²) in [4.78, 5) is 6.62. The second-order valence-electron chi connectivity index (χ2n) is 7.23. The lowest BCUT2D eigenvalue weighted by atomic mass is 9.65. The van der Waals surface area contributed by atoms with Crippen LogP contribution in [0.2, 0.25) is 0 Å². The average Bonchev–Trinajstić information content (AvgIpc) is 2.68. The number of guanidine groups is 1. The summed E-state index contributed by atoms with van der Waals surface area (Å²) in [5.41, 5.74) is 0.331. The van der Waals surface area contributed by atoms with Crippen LogP contribution in [0.3, 0.4) is 0 Å². The molecule has 0 bridgehead atoms. The molecule has 1 atom stereocenters. The number of hydrogen-bond acceptors (Lipinski definition) is 3. The fourth-order valence-electron chi connectivity index (χ4n) is 2.96. The van der Waals surface area contributed by atoms with Crippen molar-refractivity contribution in [3.05, 3.63) is 0 Å². The van der Waals surface area contributed by atoms with E-state index < -0.39 is 9.84 Å². The molecule has 2 aliphatic rings. The summed E-state index contributed by atoms with van der Waals surface area (Å²) in [6.07, 6.45) is 0.765. The smallest absolute Gasteiger partial charge is 0.194 e. The highest BCUT2D eigenvalue weighted by molar-refractivity contribution is 14.0. The molecule has 1 unspecified atom stereocenters. The molecule has 0 saturated carbocycles. The van der Waals surface area contributed by atoms with Crippen LogP contribution in [-0.4, -0.2) is 56.5 Å². The van der Waals surface area contributed by atoms with Gasteiger partial charge < -0.3 is 10.2 Å². The van der Waals surface area contributed by atoms with Crippen molar-refractivity contribution in [3.63, 3.8) is 0 Å². The van der Waals surface area contributed by atoms with Crippen LogP contribution in [0.25, 0.3) is 0 Å². The fraction of sp³-hybridized carbons (Fsp3) is 0.929. The minimum Gasteiger partial charge on any atom is -0.356 e. The molecule has 21 heavy (non-hydrogen) atoms. The third kappa shape index (κ3) is 3.65. The zero-order valence-electron chi connectivity index (χ0n) is 13.6. The molecule has 0 aliphatic carbocycles. The predicted octanol–water partition coefficient (Wildman–Crippen LogP) is 1.73. The highest BCUT2D eigenvalue weighted by Crippen LogP contribution is 2.46. The van der Waals surface area contributed by atoms with Crippen LogP contribution in [0.4, 0.5) is 0 Å². The maximum atomic E-state index is 11.5. The van der Waals surface area contributed by atoms with Gasteiger partial charge in [-0.2, -0.15) is 0 Å². The number of aliphatic imine (C=N–C) groups is 1. The van der Waals surface area contributed by atoms with Crippen molar-refractivity contribution in [1.29, 1.82) is 0 Å². The Balaban J connectivity index is 0.00000220. The van der Waals surface area contributed by atoms with E-state index in [0.29, 0.717) is 18.1 Å². The van der Waals surface area contributed by atoms with Crippen molar-refractivity contribution in [2.24, 2.45) is 16.3 Å². The molecule has 0 spiro atoms. The van der Waals surface area contributed by atoms with Crippen molar-refractivity contribution in [2.45, 2.75) is 39.7 Å². The summed E-state index contributed by atoms with van der Waals surface area (Å²) in [7, 11) is -1.01. The van der Waals surface area contributed by atoms with E-state index in [0.717, 1.165) is 18.9 Å². The van der Waals surface area contributed by atoms with Crippen molar-refractivity contribution < 1.29 is 8.42 Å². The molecule has 1 N–H and O–H groups in total. The Morgan fingerprint density at radius 3 is 2.33 bits per heavy atom. The third-order valence-electron chi connectivity index (χ3n) is 5.23. The molecule has 2 heterocycles. The van der Waals surface area contributed by atoms with E-state index >= 15 is 0 Å². The molecule has 124 valence electrons. The van der Waals surface area contributed by atoms with E-state index in [-0.39, 0.29) is 40.8 Å². The highest BCUT2D eigenvalue weighted by atomic mass is 127. The Kier molecular flexibility index (Phi) is 5.62. The van der Waals surface area contributed by atoms with Gasteiger partial charge in [-0.3, -0.25) is 4.99 Å². The first-order valence-corrected chi connectivity index (χ1v) is 9.10. The topological polar surface area (TPSA) is 61.8 Å². The summed E-state index contributed by atoms with van der Waals surface area (Å²) in [6.45, 7) is 10.6. The zero-order chi connectivity index (χ0) is 15.2. The van der Waals surface area contributed by atoms with Gasteiger partial charge in [0.2, 0.25) is 0 Å². The molecular weight excluding hydrogens is 401 g/mol. The monoisotopic (exact) mass is 429 g/mol. The van der Waals surface area contributed by atoms with Gasteiger partial charge in [0, 0.05) is 31.1 Å². The van der Waals surface area contributed by atoms with Gasteiger partial charge in [0.25, 0.3) is 0 Å². The van der Waals surface area contributed by atoms with Crippen LogP contribution in [0.5, 0.6) is 0 Å². The molecule has 2 saturated heterocycles. The summed E-state index contributed by atoms with van der Waals surface area (Å²) in [5, 5.41) is 3.36. The lowest BCUT2D eigenvalue weighted by molar-refractivity contribution is -0.0668. The van der Waals surface area contributed by atoms with Crippen molar-refractivity contribution >= 4 is 39.8 Å². The van der Waals surface area contributed by atoms with E-state index in [1.165, 1.54) is 0 Å². The maximum Gasteiger partial charge on any atom is 0.194 e. The predicted molar refractivity (Wildman–Crippen MR) is 98.1 cm³/mol. The van der Waals surface area contributed by atoms with Gasteiger partial charge >= 0.3 is 0 Å². The molecule has 0 aromatic carbocycles. The zero-order valence-corrected chi connectivity index (χ0v) is 16.8. The van der Waals surface area contributed by atoms with E-state index in [2.05, 4.69) is 42.9 Å². The first-order chi connectivity index (χ1) is 9.09. The number of nitrogens with one attached hydrogen (secondary N) is 1. The SMILES string of the molecule is CN=C(NCC1CCS(=O)(=O)C1)N1CC(C)(C)C1(C)C.I. The standard InChI is InChI=1S/C14H27N3O2S.HI/c1-13(2)10-17(14(13,3)4)12(15-5)16-8-11-6-7-20(18,19)9-11;/h11H,6-10H2,1-5H3,(H,15,16);1H. The lowest BCUT2D eigenvalue weighted by Gasteiger charge is -2.62. The first-order valence-electron chi connectivity index (χ1n) is 7.28. The minimum atomic E-state index is -2.80. The number of hydrogen-bond donors (Lipinski definition) is 1. The van der Waals surface area contributed by atoms with Gasteiger partial charge in [0.15, 0.2) is 15.8 Å². The van der Waals surface area contributed by atoms with Crippen LogP contribution in [0.1, 0.15) is 34.1 Å². The van der Waals surface area contributed by atoms with Gasteiger partial charge in [-0.25, -0.2) is 8.42 Å². The molecule has 0 amide bonds. The minimum absolute atomic E-state index is 0. The second-order valence-corrected chi connectivity index (χ2v) is 9.45. The van der Waals surface area contributed by atoms with Crippen molar-refractivity contribution in [3.8, 4) is 0 Å². The number of sulfone groups is 1. The molecule has 2 aliphatic heterocycles. The Bertz CT molecular complexity index is 514. The van der Waals surface area contributed by atoms with E-state index in [9.17, 15) is 8.42 Å². The fourth-order valence-corrected chi connectivity index (χ4v) is 4.83. The van der Waals surface area contributed by atoms with Gasteiger partial charge in [0.05, 0.1) is 11.5 Å². The first kappa shape index (κ1) is 19.0. The van der Waals surface area contributed by atoms with E-state index in [1.807, 2.05) is 0 Å². The molecule has 2 fully saturated rings. The summed E-state index contributed by atoms with van der Waals surface area (Å²) < 4.78 is 23.0. The molecule has 7 heteroatoms. The Labute approximate surface area is 145 Å². The van der Waals surface area contributed by atoms with Gasteiger partial charge in [-0.15, -0.1) is 24.0 Å². The van der Waals surface area contributed by atoms with Crippen LogP contribution in [0.15, 0.2) is 4.99 Å². The normalized spacial score (nSPS) is 29.5. The number of halogens is 1. The van der Waals surface area contributed by atoms with Crippen LogP contribution in [0, 0.1) is 11.3 Å². The average molecular weight is 429 g/mol. The number of rotatable bonds is 2. The van der Waals surface area contributed by atoms with E-state index in [1.54, 1.807) is 7.05 Å². The third-order valence-corrected chi connectivity index (χ3v) is 7.06. The second kappa shape index (κ2) is 6.22. The summed E-state index contributed by atoms with van der Waals surface area (Å²) in [6, 6.07) is 0. The van der Waals surface area contributed by atoms with Gasteiger partial charge in [0.1, 0.15) is 0 Å². The van der Waals surface area contributed by atoms with Crippen molar-refractivity contribution in [1.82, 2.24) is 10.2 Å². The van der Waals surface area contributed by atoms with Crippen LogP contribution < -0.4 is 5.32 Å². The molecular formula is C14H28IN3O2S. The lowest BCUT2D eigenvalue weighted by Crippen LogP contribution is -2.72. The molecule has 0 aromatic rings. The summed E-state index contributed by atoms with van der Waals surface area (Å²) in [5.74, 6) is 1.75. The largest absolute Gasteiger partial charge is 0.356 e. The highest BCUT2D eigenvalue weighted by Gasteiger charge is 2.53. The molecule has 0 aromatic heterocycles.